The standard InChI is InChI=1S/C10H11F3N6/c11-10(12,13)7-3-8(18-2-1-6(14)4-18)19-9(17-7)15-5-16-19/h3,5-6H,1-2,4,14H2/t6-/m0/s1. The van der Waals surface area contributed by atoms with Crippen molar-refractivity contribution in [1.82, 2.24) is 19.6 Å². The largest absolute Gasteiger partial charge is 0.433 e. The van der Waals surface area contributed by atoms with Gasteiger partial charge in [-0.25, -0.2) is 4.98 Å². The van der Waals surface area contributed by atoms with Gasteiger partial charge in [0.05, 0.1) is 0 Å². The molecule has 0 aromatic carbocycles. The Morgan fingerprint density at radius 3 is 2.79 bits per heavy atom. The summed E-state index contributed by atoms with van der Waals surface area (Å²) in [6.45, 7) is 1.09. The molecule has 0 aliphatic carbocycles. The molecule has 2 aromatic heterocycles. The SMILES string of the molecule is N[C@H]1CCN(c2cc(C(F)(F)F)nc3ncnn23)C1. The van der Waals surface area contributed by atoms with Gasteiger partial charge in [0.1, 0.15) is 12.1 Å². The molecular formula is C10H11F3N6. The average Bonchev–Trinajstić information content (AvgIpc) is 2.94. The van der Waals surface area contributed by atoms with E-state index in [9.17, 15) is 13.2 Å². The molecule has 2 aromatic rings. The maximum Gasteiger partial charge on any atom is 0.433 e. The number of nitrogens with two attached hydrogens (primary N) is 1. The molecule has 3 heterocycles. The summed E-state index contributed by atoms with van der Waals surface area (Å²) >= 11 is 0. The molecule has 0 bridgehead atoms. The number of fused-ring (bicyclic) bond motifs is 1. The van der Waals surface area contributed by atoms with Crippen molar-refractivity contribution in [2.45, 2.75) is 18.6 Å². The number of anilines is 1. The number of halogens is 3. The van der Waals surface area contributed by atoms with Crippen LogP contribution in [0.5, 0.6) is 0 Å². The Hall–Kier alpha value is -1.90. The number of alkyl halides is 3. The number of rotatable bonds is 1. The minimum atomic E-state index is -4.51. The van der Waals surface area contributed by atoms with Gasteiger partial charge < -0.3 is 10.6 Å². The van der Waals surface area contributed by atoms with Gasteiger partial charge in [-0.3, -0.25) is 0 Å². The van der Waals surface area contributed by atoms with Crippen molar-refractivity contribution in [3.63, 3.8) is 0 Å². The lowest BCUT2D eigenvalue weighted by molar-refractivity contribution is -0.141. The summed E-state index contributed by atoms with van der Waals surface area (Å²) in [4.78, 5) is 8.96. The Kier molecular flexibility index (Phi) is 2.59. The second-order valence-corrected chi connectivity index (χ2v) is 4.46. The van der Waals surface area contributed by atoms with Crippen molar-refractivity contribution in [3.8, 4) is 0 Å². The van der Waals surface area contributed by atoms with Crippen molar-refractivity contribution < 1.29 is 13.2 Å². The first-order valence-corrected chi connectivity index (χ1v) is 5.73. The molecule has 1 aliphatic rings. The molecule has 0 radical (unpaired) electrons. The lowest BCUT2D eigenvalue weighted by Crippen LogP contribution is -2.28. The summed E-state index contributed by atoms with van der Waals surface area (Å²) in [5, 5.41) is 3.90. The highest BCUT2D eigenvalue weighted by Gasteiger charge is 2.35. The Bertz CT molecular complexity index is 607. The minimum Gasteiger partial charge on any atom is -0.355 e. The van der Waals surface area contributed by atoms with Gasteiger partial charge in [0, 0.05) is 25.2 Å². The Morgan fingerprint density at radius 2 is 2.16 bits per heavy atom. The fourth-order valence-electron chi connectivity index (χ4n) is 2.16. The van der Waals surface area contributed by atoms with Crippen LogP contribution in [0.3, 0.4) is 0 Å². The third-order valence-corrected chi connectivity index (χ3v) is 3.07. The number of aromatic nitrogens is 4. The van der Waals surface area contributed by atoms with Crippen LogP contribution < -0.4 is 10.6 Å². The van der Waals surface area contributed by atoms with Crippen molar-refractivity contribution in [2.24, 2.45) is 5.73 Å². The lowest BCUT2D eigenvalue weighted by Gasteiger charge is -2.19. The molecule has 9 heteroatoms. The van der Waals surface area contributed by atoms with Crippen molar-refractivity contribution in [3.05, 3.63) is 18.1 Å². The van der Waals surface area contributed by atoms with Crippen LogP contribution in [0.2, 0.25) is 0 Å². The van der Waals surface area contributed by atoms with E-state index in [0.29, 0.717) is 18.9 Å². The summed E-state index contributed by atoms with van der Waals surface area (Å²) in [6.07, 6.45) is -2.59. The van der Waals surface area contributed by atoms with Crippen molar-refractivity contribution >= 4 is 11.6 Å². The Morgan fingerprint density at radius 1 is 1.37 bits per heavy atom. The maximum absolute atomic E-state index is 12.8. The highest BCUT2D eigenvalue weighted by molar-refractivity contribution is 5.48. The molecule has 1 fully saturated rings. The molecule has 2 N–H and O–H groups in total. The third-order valence-electron chi connectivity index (χ3n) is 3.07. The summed E-state index contributed by atoms with van der Waals surface area (Å²) in [6, 6.07) is 0.945. The van der Waals surface area contributed by atoms with Crippen LogP contribution in [0.15, 0.2) is 12.4 Å². The summed E-state index contributed by atoms with van der Waals surface area (Å²) < 4.78 is 39.7. The Balaban J connectivity index is 2.13. The van der Waals surface area contributed by atoms with Gasteiger partial charge >= 0.3 is 6.18 Å². The lowest BCUT2D eigenvalue weighted by atomic mass is 10.3. The van der Waals surface area contributed by atoms with Crippen LogP contribution in [0, 0.1) is 0 Å². The minimum absolute atomic E-state index is 0.0407. The van der Waals surface area contributed by atoms with Gasteiger partial charge in [-0.15, -0.1) is 0 Å². The molecule has 0 unspecified atom stereocenters. The molecule has 102 valence electrons. The van der Waals surface area contributed by atoms with E-state index in [0.717, 1.165) is 12.5 Å². The molecule has 0 spiro atoms. The Labute approximate surface area is 106 Å². The molecule has 3 rings (SSSR count). The molecule has 1 atom stereocenters. The first kappa shape index (κ1) is 12.2. The monoisotopic (exact) mass is 272 g/mol. The second kappa shape index (κ2) is 4.05. The number of nitrogens with zero attached hydrogens (tertiary/aromatic N) is 5. The van der Waals surface area contributed by atoms with Crippen LogP contribution in [0.25, 0.3) is 5.78 Å². The molecule has 1 saturated heterocycles. The van der Waals surface area contributed by atoms with E-state index in [1.54, 1.807) is 4.90 Å². The van der Waals surface area contributed by atoms with E-state index in [4.69, 9.17) is 5.73 Å². The molecular weight excluding hydrogens is 261 g/mol. The highest BCUT2D eigenvalue weighted by atomic mass is 19.4. The van der Waals surface area contributed by atoms with Gasteiger partial charge in [-0.05, 0) is 6.42 Å². The smallest absolute Gasteiger partial charge is 0.355 e. The zero-order valence-electron chi connectivity index (χ0n) is 9.80. The van der Waals surface area contributed by atoms with Crippen LogP contribution in [-0.2, 0) is 6.18 Å². The zero-order valence-corrected chi connectivity index (χ0v) is 9.80. The van der Waals surface area contributed by atoms with E-state index >= 15 is 0 Å². The first-order chi connectivity index (χ1) is 8.95. The third kappa shape index (κ3) is 2.09. The van der Waals surface area contributed by atoms with E-state index in [2.05, 4.69) is 15.1 Å². The van der Waals surface area contributed by atoms with Gasteiger partial charge in [0.15, 0.2) is 5.69 Å². The van der Waals surface area contributed by atoms with Crippen LogP contribution in [0.4, 0.5) is 19.0 Å². The average molecular weight is 272 g/mol. The van der Waals surface area contributed by atoms with E-state index < -0.39 is 11.9 Å². The molecule has 0 amide bonds. The quantitative estimate of drug-likeness (QED) is 0.826. The van der Waals surface area contributed by atoms with Crippen molar-refractivity contribution in [2.75, 3.05) is 18.0 Å². The second-order valence-electron chi connectivity index (χ2n) is 4.46. The topological polar surface area (TPSA) is 72.3 Å². The normalized spacial score (nSPS) is 20.4. The summed E-state index contributed by atoms with van der Waals surface area (Å²) in [7, 11) is 0. The van der Waals surface area contributed by atoms with Gasteiger partial charge in [0.25, 0.3) is 5.78 Å². The van der Waals surface area contributed by atoms with E-state index in [1.165, 1.54) is 10.8 Å². The first-order valence-electron chi connectivity index (χ1n) is 5.73. The number of hydrogen-bond acceptors (Lipinski definition) is 5. The van der Waals surface area contributed by atoms with E-state index in [-0.39, 0.29) is 11.8 Å². The van der Waals surface area contributed by atoms with Crippen molar-refractivity contribution in [1.29, 1.82) is 0 Å². The molecule has 19 heavy (non-hydrogen) atoms. The zero-order chi connectivity index (χ0) is 13.6. The molecule has 0 saturated carbocycles. The van der Waals surface area contributed by atoms with Crippen LogP contribution in [-0.4, -0.2) is 38.7 Å². The fourth-order valence-corrected chi connectivity index (χ4v) is 2.16. The summed E-state index contributed by atoms with van der Waals surface area (Å²) in [5.41, 5.74) is 4.81. The van der Waals surface area contributed by atoms with E-state index in [1.807, 2.05) is 0 Å². The maximum atomic E-state index is 12.8. The predicted octanol–water partition coefficient (Wildman–Crippen LogP) is 0.680. The highest BCUT2D eigenvalue weighted by Crippen LogP contribution is 2.31. The number of hydrogen-bond donors (Lipinski definition) is 1. The van der Waals surface area contributed by atoms with Gasteiger partial charge in [-0.2, -0.15) is 27.8 Å². The molecule has 6 nitrogen and oxygen atoms in total. The fraction of sp³-hybridized carbons (Fsp3) is 0.500. The van der Waals surface area contributed by atoms with Gasteiger partial charge in [-0.1, -0.05) is 0 Å². The predicted molar refractivity (Wildman–Crippen MR) is 60.6 cm³/mol. The van der Waals surface area contributed by atoms with Crippen LogP contribution in [0.1, 0.15) is 12.1 Å². The molecule has 1 aliphatic heterocycles. The van der Waals surface area contributed by atoms with Crippen LogP contribution >= 0.6 is 0 Å². The van der Waals surface area contributed by atoms with Gasteiger partial charge in [0.2, 0.25) is 0 Å². The summed E-state index contributed by atoms with van der Waals surface area (Å²) in [5.74, 6) is 0.257.